The lowest BCUT2D eigenvalue weighted by atomic mass is 10.2. The summed E-state index contributed by atoms with van der Waals surface area (Å²) in [6, 6.07) is 0.101. The fraction of sp³-hybridized carbons (Fsp3) is 0.375. The zero-order valence-corrected chi connectivity index (χ0v) is 7.48. The van der Waals surface area contributed by atoms with Crippen LogP contribution in [0, 0.1) is 0 Å². The molecule has 2 heterocycles. The molecular formula is C8H10N4O. The number of carbonyl (C=O) groups excluding carboxylic acids is 1. The summed E-state index contributed by atoms with van der Waals surface area (Å²) in [7, 11) is 0. The topological polar surface area (TPSA) is 59.3 Å². The van der Waals surface area contributed by atoms with E-state index in [1.54, 1.807) is 17.1 Å². The van der Waals surface area contributed by atoms with Crippen LogP contribution in [0.1, 0.15) is 30.2 Å². The highest BCUT2D eigenvalue weighted by Crippen LogP contribution is 2.22. The van der Waals surface area contributed by atoms with Gasteiger partial charge in [-0.2, -0.15) is 10.2 Å². The number of hydrogen-bond donors (Lipinski definition) is 1. The lowest BCUT2D eigenvalue weighted by Gasteiger charge is -2.15. The summed E-state index contributed by atoms with van der Waals surface area (Å²) in [6.07, 6.45) is 3.31. The van der Waals surface area contributed by atoms with Crippen LogP contribution in [-0.4, -0.2) is 21.8 Å². The molecule has 0 spiro atoms. The van der Waals surface area contributed by atoms with E-state index in [9.17, 15) is 4.79 Å². The molecule has 13 heavy (non-hydrogen) atoms. The highest BCUT2D eigenvalue weighted by Gasteiger charge is 2.19. The minimum Gasteiger partial charge on any atom is -0.294 e. The average molecular weight is 178 g/mol. The number of carbonyl (C=O) groups is 1. The Morgan fingerprint density at radius 3 is 3.15 bits per heavy atom. The molecule has 0 bridgehead atoms. The maximum Gasteiger partial charge on any atom is 0.165 e. The average Bonchev–Trinajstić information content (AvgIpc) is 2.48. The van der Waals surface area contributed by atoms with Crippen LogP contribution in [0.25, 0.3) is 0 Å². The minimum atomic E-state index is -0.00181. The number of ketones is 1. The molecule has 68 valence electrons. The summed E-state index contributed by atoms with van der Waals surface area (Å²) in [4.78, 5) is 11.1. The van der Waals surface area contributed by atoms with Crippen molar-refractivity contribution in [2.45, 2.75) is 19.9 Å². The van der Waals surface area contributed by atoms with Gasteiger partial charge in [0.25, 0.3) is 0 Å². The molecular weight excluding hydrogens is 168 g/mol. The van der Waals surface area contributed by atoms with Crippen LogP contribution in [0.3, 0.4) is 0 Å². The Kier molecular flexibility index (Phi) is 1.65. The molecule has 0 radical (unpaired) electrons. The Bertz CT molecular complexity index is 379. The molecule has 5 nitrogen and oxygen atoms in total. The van der Waals surface area contributed by atoms with E-state index in [1.807, 2.05) is 6.92 Å². The molecule has 0 saturated heterocycles. The molecule has 1 aromatic heterocycles. The van der Waals surface area contributed by atoms with E-state index in [-0.39, 0.29) is 11.8 Å². The lowest BCUT2D eigenvalue weighted by molar-refractivity contribution is 0.101. The van der Waals surface area contributed by atoms with Crippen molar-refractivity contribution in [1.29, 1.82) is 0 Å². The van der Waals surface area contributed by atoms with Gasteiger partial charge in [-0.3, -0.25) is 10.2 Å². The number of nitrogens with one attached hydrogen (secondary N) is 1. The van der Waals surface area contributed by atoms with Gasteiger partial charge in [-0.1, -0.05) is 0 Å². The second-order valence-electron chi connectivity index (χ2n) is 3.04. The quantitative estimate of drug-likeness (QED) is 0.654. The standard InChI is InChI=1S/C8H10N4O/c1-5-3-9-11-8-7(6(2)13)4-10-12(5)8/h3-5,11H,1-2H3. The first-order valence-corrected chi connectivity index (χ1v) is 4.08. The number of hydrogen-bond acceptors (Lipinski definition) is 4. The summed E-state index contributed by atoms with van der Waals surface area (Å²) >= 11 is 0. The SMILES string of the molecule is CC(=O)c1cnn2c1NN=CC2C. The summed E-state index contributed by atoms with van der Waals surface area (Å²) in [5.74, 6) is 0.681. The normalized spacial score (nSPS) is 19.4. The maximum absolute atomic E-state index is 11.1. The number of rotatable bonds is 1. The van der Waals surface area contributed by atoms with Crippen LogP contribution in [-0.2, 0) is 0 Å². The Morgan fingerprint density at radius 1 is 1.69 bits per heavy atom. The zero-order chi connectivity index (χ0) is 9.42. The molecule has 0 aliphatic carbocycles. The maximum atomic E-state index is 11.1. The zero-order valence-electron chi connectivity index (χ0n) is 7.48. The smallest absolute Gasteiger partial charge is 0.165 e. The monoisotopic (exact) mass is 178 g/mol. The Balaban J connectivity index is 2.51. The van der Waals surface area contributed by atoms with Gasteiger partial charge in [0, 0.05) is 6.21 Å². The molecule has 0 fully saturated rings. The van der Waals surface area contributed by atoms with Gasteiger partial charge in [-0.15, -0.1) is 0 Å². The van der Waals surface area contributed by atoms with Gasteiger partial charge in [-0.25, -0.2) is 4.68 Å². The van der Waals surface area contributed by atoms with Crippen molar-refractivity contribution < 1.29 is 4.79 Å². The number of anilines is 1. The number of aromatic nitrogens is 2. The molecule has 1 unspecified atom stereocenters. The fourth-order valence-electron chi connectivity index (χ4n) is 1.31. The van der Waals surface area contributed by atoms with Crippen molar-refractivity contribution in [3.05, 3.63) is 11.8 Å². The molecule has 1 aliphatic heterocycles. The summed E-state index contributed by atoms with van der Waals surface area (Å²) in [5.41, 5.74) is 3.36. The molecule has 0 amide bonds. The molecule has 1 aliphatic rings. The van der Waals surface area contributed by atoms with Gasteiger partial charge in [-0.05, 0) is 13.8 Å². The van der Waals surface area contributed by atoms with Gasteiger partial charge >= 0.3 is 0 Å². The molecule has 1 atom stereocenters. The van der Waals surface area contributed by atoms with Gasteiger partial charge < -0.3 is 0 Å². The van der Waals surface area contributed by atoms with Crippen LogP contribution >= 0.6 is 0 Å². The van der Waals surface area contributed by atoms with E-state index in [0.717, 1.165) is 0 Å². The van der Waals surface area contributed by atoms with E-state index >= 15 is 0 Å². The first kappa shape index (κ1) is 7.97. The Hall–Kier alpha value is -1.65. The van der Waals surface area contributed by atoms with Crippen LogP contribution in [0.15, 0.2) is 11.3 Å². The van der Waals surface area contributed by atoms with Crippen molar-refractivity contribution in [2.75, 3.05) is 5.43 Å². The summed E-state index contributed by atoms with van der Waals surface area (Å²) < 4.78 is 1.74. The minimum absolute atomic E-state index is 0.00181. The van der Waals surface area contributed by atoms with Crippen molar-refractivity contribution in [2.24, 2.45) is 5.10 Å². The fourth-order valence-corrected chi connectivity index (χ4v) is 1.31. The second kappa shape index (κ2) is 2.69. The predicted octanol–water partition coefficient (Wildman–Crippen LogP) is 1.06. The van der Waals surface area contributed by atoms with Gasteiger partial charge in [0.2, 0.25) is 0 Å². The third-order valence-electron chi connectivity index (χ3n) is 2.02. The van der Waals surface area contributed by atoms with Crippen LogP contribution < -0.4 is 5.43 Å². The molecule has 2 rings (SSSR count). The van der Waals surface area contributed by atoms with E-state index in [0.29, 0.717) is 11.4 Å². The van der Waals surface area contributed by atoms with E-state index in [1.165, 1.54) is 6.92 Å². The van der Waals surface area contributed by atoms with Crippen LogP contribution in [0.4, 0.5) is 5.82 Å². The highest BCUT2D eigenvalue weighted by atomic mass is 16.1. The van der Waals surface area contributed by atoms with E-state index in [4.69, 9.17) is 0 Å². The number of hydrazone groups is 1. The van der Waals surface area contributed by atoms with E-state index < -0.39 is 0 Å². The molecule has 0 saturated carbocycles. The molecule has 1 aromatic rings. The van der Waals surface area contributed by atoms with Gasteiger partial charge in [0.05, 0.1) is 17.8 Å². The van der Waals surface area contributed by atoms with Gasteiger partial charge in [0.1, 0.15) is 0 Å². The third-order valence-corrected chi connectivity index (χ3v) is 2.02. The second-order valence-corrected chi connectivity index (χ2v) is 3.04. The largest absolute Gasteiger partial charge is 0.294 e. The summed E-state index contributed by atoms with van der Waals surface area (Å²) in [6.45, 7) is 3.48. The predicted molar refractivity (Wildman–Crippen MR) is 49.1 cm³/mol. The number of Topliss-reactive ketones (excluding diaryl/α,β-unsaturated/α-hetero) is 1. The Morgan fingerprint density at radius 2 is 2.46 bits per heavy atom. The van der Waals surface area contributed by atoms with E-state index in [2.05, 4.69) is 15.6 Å². The first-order chi connectivity index (χ1) is 6.20. The van der Waals surface area contributed by atoms with Crippen LogP contribution in [0.2, 0.25) is 0 Å². The molecule has 0 aromatic carbocycles. The van der Waals surface area contributed by atoms with Crippen LogP contribution in [0.5, 0.6) is 0 Å². The number of fused-ring (bicyclic) bond motifs is 1. The highest BCUT2D eigenvalue weighted by molar-refractivity contribution is 5.99. The van der Waals surface area contributed by atoms with Crippen molar-refractivity contribution in [3.63, 3.8) is 0 Å². The number of nitrogens with zero attached hydrogens (tertiary/aromatic N) is 3. The molecule has 5 heteroatoms. The van der Waals surface area contributed by atoms with Crippen molar-refractivity contribution in [3.8, 4) is 0 Å². The first-order valence-electron chi connectivity index (χ1n) is 4.08. The van der Waals surface area contributed by atoms with Crippen molar-refractivity contribution >= 4 is 17.8 Å². The van der Waals surface area contributed by atoms with Gasteiger partial charge in [0.15, 0.2) is 11.6 Å². The third kappa shape index (κ3) is 1.12. The summed E-state index contributed by atoms with van der Waals surface area (Å²) in [5, 5.41) is 8.03. The molecule has 1 N–H and O–H groups in total. The van der Waals surface area contributed by atoms with Crippen molar-refractivity contribution in [1.82, 2.24) is 9.78 Å². The lowest BCUT2D eigenvalue weighted by Crippen LogP contribution is -2.17. The Labute approximate surface area is 75.4 Å².